The molecule has 0 radical (unpaired) electrons. The summed E-state index contributed by atoms with van der Waals surface area (Å²) in [5, 5.41) is 0. The van der Waals surface area contributed by atoms with E-state index in [0.717, 1.165) is 25.7 Å². The first kappa shape index (κ1) is 16.1. The van der Waals surface area contributed by atoms with Crippen LogP contribution in [-0.2, 0) is 20.9 Å². The second-order valence-corrected chi connectivity index (χ2v) is 8.24. The van der Waals surface area contributed by atoms with Crippen LogP contribution >= 0.6 is 0 Å². The molecule has 3 aliphatic heterocycles. The van der Waals surface area contributed by atoms with Crippen molar-refractivity contribution in [3.05, 3.63) is 34.7 Å². The highest BCUT2D eigenvalue weighted by Gasteiger charge is 2.57. The van der Waals surface area contributed by atoms with Gasteiger partial charge in [-0.2, -0.15) is 0 Å². The Hall–Kier alpha value is -2.15. The fourth-order valence-corrected chi connectivity index (χ4v) is 4.77. The molecule has 4 fully saturated rings. The fraction of sp³-hybridized carbons (Fsp3) is 0.632. The maximum atomic E-state index is 13.2. The van der Waals surface area contributed by atoms with E-state index in [1.807, 2.05) is 4.90 Å². The summed E-state index contributed by atoms with van der Waals surface area (Å²) in [6, 6.07) is 4.63. The molecule has 1 aromatic heterocycles. The minimum atomic E-state index is -0.385. The number of hydrogen-bond donors (Lipinski definition) is 0. The zero-order chi connectivity index (χ0) is 17.9. The predicted octanol–water partition coefficient (Wildman–Crippen LogP) is 0.229. The summed E-state index contributed by atoms with van der Waals surface area (Å²) < 4.78 is 7.01. The number of pyridine rings is 1. The van der Waals surface area contributed by atoms with Crippen molar-refractivity contribution in [3.8, 4) is 0 Å². The van der Waals surface area contributed by atoms with Crippen molar-refractivity contribution in [2.24, 2.45) is 5.41 Å². The van der Waals surface area contributed by atoms with E-state index in [1.165, 1.54) is 10.6 Å². The minimum absolute atomic E-state index is 0.00526. The Bertz CT molecular complexity index is 815. The number of nitrogens with zero attached hydrogens (tertiary/aromatic N) is 3. The highest BCUT2D eigenvalue weighted by molar-refractivity contribution is 5.89. The third kappa shape index (κ3) is 2.57. The first-order valence-electron chi connectivity index (χ1n) is 9.42. The van der Waals surface area contributed by atoms with Crippen LogP contribution in [0.4, 0.5) is 0 Å². The summed E-state index contributed by atoms with van der Waals surface area (Å²) in [5.74, 6) is -0.0700. The molecule has 138 valence electrons. The highest BCUT2D eigenvalue weighted by Crippen LogP contribution is 2.55. The largest absolute Gasteiger partial charge is 0.374 e. The van der Waals surface area contributed by atoms with E-state index < -0.39 is 0 Å². The van der Waals surface area contributed by atoms with Crippen molar-refractivity contribution in [1.29, 1.82) is 0 Å². The van der Waals surface area contributed by atoms with E-state index in [-0.39, 0.29) is 47.5 Å². The van der Waals surface area contributed by atoms with Crippen LogP contribution in [0.2, 0.25) is 0 Å². The first-order valence-corrected chi connectivity index (χ1v) is 9.42. The number of aromatic nitrogens is 1. The lowest BCUT2D eigenvalue weighted by molar-refractivity contribution is -0.147. The summed E-state index contributed by atoms with van der Waals surface area (Å²) in [4.78, 5) is 41.7. The molecule has 7 nitrogen and oxygen atoms in total. The van der Waals surface area contributed by atoms with Gasteiger partial charge in [-0.05, 0) is 37.2 Å². The lowest BCUT2D eigenvalue weighted by Crippen LogP contribution is -2.52. The predicted molar refractivity (Wildman–Crippen MR) is 92.3 cm³/mol. The van der Waals surface area contributed by atoms with Gasteiger partial charge in [-0.1, -0.05) is 6.07 Å². The van der Waals surface area contributed by atoms with Crippen LogP contribution in [0.5, 0.6) is 0 Å². The molecule has 0 N–H and O–H groups in total. The van der Waals surface area contributed by atoms with Crippen LogP contribution in [0, 0.1) is 5.41 Å². The second kappa shape index (κ2) is 5.67. The van der Waals surface area contributed by atoms with Gasteiger partial charge < -0.3 is 19.1 Å². The van der Waals surface area contributed by atoms with Crippen LogP contribution in [0.1, 0.15) is 25.7 Å². The van der Waals surface area contributed by atoms with E-state index in [2.05, 4.69) is 0 Å². The Morgan fingerprint density at radius 2 is 2.08 bits per heavy atom. The molecular formula is C19H23N3O4. The molecule has 26 heavy (non-hydrogen) atoms. The normalized spacial score (nSPS) is 31.0. The van der Waals surface area contributed by atoms with E-state index in [4.69, 9.17) is 4.74 Å². The summed E-state index contributed by atoms with van der Waals surface area (Å²) in [7, 11) is 0. The smallest absolute Gasteiger partial charge is 0.250 e. The Labute approximate surface area is 151 Å². The Kier molecular flexibility index (Phi) is 3.50. The van der Waals surface area contributed by atoms with Gasteiger partial charge in [0.2, 0.25) is 11.8 Å². The number of ether oxygens (including phenoxy) is 1. The van der Waals surface area contributed by atoms with Crippen molar-refractivity contribution >= 4 is 11.8 Å². The van der Waals surface area contributed by atoms with Gasteiger partial charge in [-0.3, -0.25) is 14.4 Å². The quantitative estimate of drug-likeness (QED) is 0.776. The molecule has 5 rings (SSSR count). The maximum absolute atomic E-state index is 13.2. The fourth-order valence-electron chi connectivity index (χ4n) is 4.77. The van der Waals surface area contributed by atoms with Crippen molar-refractivity contribution in [2.75, 3.05) is 19.7 Å². The second-order valence-electron chi connectivity index (χ2n) is 8.24. The number of morpholine rings is 1. The number of likely N-dealkylation sites (tertiary alicyclic amines) is 2. The zero-order valence-electron chi connectivity index (χ0n) is 14.7. The minimum Gasteiger partial charge on any atom is -0.374 e. The van der Waals surface area contributed by atoms with Gasteiger partial charge >= 0.3 is 0 Å². The average Bonchev–Trinajstić information content (AvgIpc) is 3.01. The van der Waals surface area contributed by atoms with Gasteiger partial charge in [0.25, 0.3) is 5.56 Å². The Morgan fingerprint density at radius 3 is 2.73 bits per heavy atom. The van der Waals surface area contributed by atoms with Crippen molar-refractivity contribution in [2.45, 2.75) is 50.4 Å². The van der Waals surface area contributed by atoms with E-state index >= 15 is 0 Å². The number of hydrogen-bond acceptors (Lipinski definition) is 4. The van der Waals surface area contributed by atoms with Crippen LogP contribution in [0.25, 0.3) is 0 Å². The molecule has 0 unspecified atom stereocenters. The number of carbonyl (C=O) groups excluding carboxylic acids is 2. The molecular weight excluding hydrogens is 334 g/mol. The van der Waals surface area contributed by atoms with Crippen LogP contribution in [0.3, 0.4) is 0 Å². The van der Waals surface area contributed by atoms with Gasteiger partial charge in [0.05, 0.1) is 18.8 Å². The molecule has 4 aliphatic rings. The highest BCUT2D eigenvalue weighted by atomic mass is 16.5. The first-order chi connectivity index (χ1) is 12.5. The molecule has 1 aromatic rings. The van der Waals surface area contributed by atoms with Crippen molar-refractivity contribution in [1.82, 2.24) is 14.4 Å². The molecule has 7 heteroatoms. The van der Waals surface area contributed by atoms with Gasteiger partial charge in [0, 0.05) is 25.4 Å². The van der Waals surface area contributed by atoms with Crippen molar-refractivity contribution < 1.29 is 14.3 Å². The van der Waals surface area contributed by atoms with Crippen LogP contribution < -0.4 is 5.56 Å². The third-order valence-electron chi connectivity index (χ3n) is 6.46. The molecule has 2 bridgehead atoms. The Morgan fingerprint density at radius 1 is 1.23 bits per heavy atom. The van der Waals surface area contributed by atoms with Gasteiger partial charge in [-0.25, -0.2) is 0 Å². The molecule has 1 spiro atoms. The van der Waals surface area contributed by atoms with E-state index in [9.17, 15) is 14.4 Å². The number of rotatable bonds is 3. The van der Waals surface area contributed by atoms with Crippen LogP contribution in [-0.4, -0.2) is 64.1 Å². The van der Waals surface area contributed by atoms with Gasteiger partial charge in [0.1, 0.15) is 12.6 Å². The molecule has 2 amide bonds. The van der Waals surface area contributed by atoms with Gasteiger partial charge in [-0.15, -0.1) is 0 Å². The molecule has 3 saturated heterocycles. The standard InChI is InChI=1S/C19H23N3O4/c23-16-3-1-2-6-20(16)10-17(24)22-12-19(4-5-19)8-15(22)18(25)21-9-14-7-13(21)11-26-14/h1-3,6,13-15H,4-5,7-12H2/t13-,14-,15+/m1/s1. The monoisotopic (exact) mass is 357 g/mol. The average molecular weight is 357 g/mol. The van der Waals surface area contributed by atoms with E-state index in [0.29, 0.717) is 19.7 Å². The maximum Gasteiger partial charge on any atom is 0.250 e. The van der Waals surface area contributed by atoms with Crippen molar-refractivity contribution in [3.63, 3.8) is 0 Å². The summed E-state index contributed by atoms with van der Waals surface area (Å²) in [5.41, 5.74) is -0.0644. The molecule has 1 saturated carbocycles. The van der Waals surface area contributed by atoms with E-state index in [1.54, 1.807) is 23.2 Å². The van der Waals surface area contributed by atoms with Crippen LogP contribution in [0.15, 0.2) is 29.2 Å². The topological polar surface area (TPSA) is 71.9 Å². The molecule has 4 heterocycles. The summed E-state index contributed by atoms with van der Waals surface area (Å²) >= 11 is 0. The Balaban J connectivity index is 1.36. The number of carbonyl (C=O) groups is 2. The molecule has 0 aromatic carbocycles. The third-order valence-corrected chi connectivity index (χ3v) is 6.46. The number of fused-ring (bicyclic) bond motifs is 2. The molecule has 1 aliphatic carbocycles. The molecule has 3 atom stereocenters. The lowest BCUT2D eigenvalue weighted by Gasteiger charge is -2.32. The summed E-state index contributed by atoms with van der Waals surface area (Å²) in [6.45, 7) is 1.89. The number of amides is 2. The summed E-state index contributed by atoms with van der Waals surface area (Å²) in [6.07, 6.45) is 5.62. The lowest BCUT2D eigenvalue weighted by atomic mass is 10.0. The zero-order valence-corrected chi connectivity index (χ0v) is 14.7. The van der Waals surface area contributed by atoms with Gasteiger partial charge in [0.15, 0.2) is 0 Å². The SMILES string of the molecule is O=C([C@@H]1CC2(CC2)CN1C(=O)Cn1ccccc1=O)N1C[C@H]2C[C@@H]1CO2.